The van der Waals surface area contributed by atoms with Crippen LogP contribution in [-0.4, -0.2) is 38.1 Å². The van der Waals surface area contributed by atoms with Crippen LogP contribution >= 0.6 is 0 Å². The lowest BCUT2D eigenvalue weighted by atomic mass is 10.1. The number of sulfonamides is 1. The van der Waals surface area contributed by atoms with Crippen molar-refractivity contribution in [1.82, 2.24) is 9.97 Å². The van der Waals surface area contributed by atoms with Crippen molar-refractivity contribution >= 4 is 21.7 Å². The van der Waals surface area contributed by atoms with Crippen molar-refractivity contribution in [3.05, 3.63) is 36.7 Å². The number of hydrogen-bond donors (Lipinski definition) is 1. The highest BCUT2D eigenvalue weighted by Crippen LogP contribution is 2.20. The first kappa shape index (κ1) is 19.4. The molecule has 1 aromatic carbocycles. The molecule has 3 rings (SSSR count). The Morgan fingerprint density at radius 2 is 1.74 bits per heavy atom. The fraction of sp³-hybridized carbons (Fsp3) is 0.474. The molecule has 27 heavy (non-hydrogen) atoms. The van der Waals surface area contributed by atoms with Crippen LogP contribution in [0, 0.1) is 0 Å². The average Bonchev–Trinajstić information content (AvgIpc) is 2.70. The molecule has 7 nitrogen and oxygen atoms in total. The molecule has 1 aliphatic heterocycles. The molecule has 1 aromatic heterocycles. The third-order valence-electron chi connectivity index (χ3n) is 4.43. The van der Waals surface area contributed by atoms with Crippen molar-refractivity contribution in [2.45, 2.75) is 43.9 Å². The summed E-state index contributed by atoms with van der Waals surface area (Å²) in [6.45, 7) is 4.60. The Morgan fingerprint density at radius 1 is 1.07 bits per heavy atom. The third-order valence-corrected chi connectivity index (χ3v) is 5.83. The lowest BCUT2D eigenvalue weighted by Gasteiger charge is -2.26. The predicted octanol–water partition coefficient (Wildman–Crippen LogP) is 3.45. The Bertz CT molecular complexity index is 817. The fourth-order valence-corrected chi connectivity index (χ4v) is 3.92. The molecule has 1 saturated heterocycles. The van der Waals surface area contributed by atoms with Crippen molar-refractivity contribution < 1.29 is 13.2 Å². The van der Waals surface area contributed by atoms with Gasteiger partial charge in [0.2, 0.25) is 5.95 Å². The molecule has 1 aliphatic rings. The molecule has 146 valence electrons. The zero-order valence-electron chi connectivity index (χ0n) is 15.6. The molecule has 1 fully saturated rings. The zero-order valence-corrected chi connectivity index (χ0v) is 16.4. The van der Waals surface area contributed by atoms with Crippen LogP contribution in [0.5, 0.6) is 5.75 Å². The van der Waals surface area contributed by atoms with Crippen LogP contribution in [0.4, 0.5) is 11.6 Å². The maximum Gasteiger partial charge on any atom is 0.261 e. The van der Waals surface area contributed by atoms with Gasteiger partial charge in [-0.3, -0.25) is 4.72 Å². The van der Waals surface area contributed by atoms with Crippen molar-refractivity contribution in [3.8, 4) is 5.75 Å². The summed E-state index contributed by atoms with van der Waals surface area (Å²) in [6, 6.07) is 6.40. The van der Waals surface area contributed by atoms with Gasteiger partial charge in [-0.2, -0.15) is 0 Å². The molecular formula is C19H26N4O3S. The largest absolute Gasteiger partial charge is 0.494 e. The van der Waals surface area contributed by atoms with Gasteiger partial charge in [0.05, 0.1) is 29.6 Å². The number of piperidine rings is 1. The summed E-state index contributed by atoms with van der Waals surface area (Å²) in [6.07, 6.45) is 8.54. The van der Waals surface area contributed by atoms with Crippen LogP contribution in [-0.2, 0) is 10.0 Å². The lowest BCUT2D eigenvalue weighted by molar-refractivity contribution is 0.309. The zero-order chi connectivity index (χ0) is 19.1. The van der Waals surface area contributed by atoms with E-state index in [0.29, 0.717) is 24.0 Å². The summed E-state index contributed by atoms with van der Waals surface area (Å²) >= 11 is 0. The summed E-state index contributed by atoms with van der Waals surface area (Å²) in [5, 5.41) is 0. The van der Waals surface area contributed by atoms with Crippen molar-refractivity contribution in [2.75, 3.05) is 29.3 Å². The molecule has 0 aliphatic carbocycles. The number of hydrogen-bond acceptors (Lipinski definition) is 6. The Hall–Kier alpha value is -2.35. The van der Waals surface area contributed by atoms with E-state index in [-0.39, 0.29) is 4.90 Å². The highest BCUT2D eigenvalue weighted by molar-refractivity contribution is 7.92. The van der Waals surface area contributed by atoms with E-state index >= 15 is 0 Å². The molecule has 0 radical (unpaired) electrons. The first-order valence-corrected chi connectivity index (χ1v) is 10.9. The lowest BCUT2D eigenvalue weighted by Crippen LogP contribution is -2.30. The van der Waals surface area contributed by atoms with E-state index < -0.39 is 10.0 Å². The second kappa shape index (κ2) is 9.03. The van der Waals surface area contributed by atoms with Gasteiger partial charge in [-0.25, -0.2) is 18.4 Å². The van der Waals surface area contributed by atoms with Crippen molar-refractivity contribution in [1.29, 1.82) is 0 Å². The number of aromatic nitrogens is 2. The smallest absolute Gasteiger partial charge is 0.261 e. The first-order chi connectivity index (χ1) is 13.1. The molecule has 8 heteroatoms. The van der Waals surface area contributed by atoms with Crippen molar-refractivity contribution in [3.63, 3.8) is 0 Å². The van der Waals surface area contributed by atoms with Gasteiger partial charge in [0.15, 0.2) is 0 Å². The van der Waals surface area contributed by atoms with E-state index in [9.17, 15) is 8.42 Å². The Morgan fingerprint density at radius 3 is 2.37 bits per heavy atom. The van der Waals surface area contributed by atoms with E-state index in [1.54, 1.807) is 12.1 Å². The van der Waals surface area contributed by atoms with Crippen LogP contribution in [0.15, 0.2) is 41.6 Å². The number of nitrogens with zero attached hydrogens (tertiary/aromatic N) is 3. The van der Waals surface area contributed by atoms with Crippen LogP contribution in [0.25, 0.3) is 0 Å². The highest BCUT2D eigenvalue weighted by atomic mass is 32.2. The summed E-state index contributed by atoms with van der Waals surface area (Å²) in [5.74, 6) is 1.31. The Kier molecular flexibility index (Phi) is 6.49. The van der Waals surface area contributed by atoms with Gasteiger partial charge in [0.25, 0.3) is 10.0 Å². The summed E-state index contributed by atoms with van der Waals surface area (Å²) in [7, 11) is -3.69. The fourth-order valence-electron chi connectivity index (χ4n) is 2.89. The standard InChI is InChI=1S/C19H26N4O3S/c1-2-3-13-26-17-7-9-18(10-8-17)27(24,25)22-16-14-20-19(21-15-16)23-11-5-4-6-12-23/h7-10,14-15,22H,2-6,11-13H2,1H3. The van der Waals surface area contributed by atoms with Crippen molar-refractivity contribution in [2.24, 2.45) is 0 Å². The summed E-state index contributed by atoms with van der Waals surface area (Å²) < 4.78 is 33.2. The van der Waals surface area contributed by atoms with Crippen LogP contribution in [0.3, 0.4) is 0 Å². The molecule has 2 aromatic rings. The molecule has 1 N–H and O–H groups in total. The minimum absolute atomic E-state index is 0.172. The SMILES string of the molecule is CCCCOc1ccc(S(=O)(=O)Nc2cnc(N3CCCCC3)nc2)cc1. The van der Waals surface area contributed by atoms with Gasteiger partial charge in [0.1, 0.15) is 5.75 Å². The summed E-state index contributed by atoms with van der Waals surface area (Å²) in [4.78, 5) is 10.9. The molecule has 0 amide bonds. The van der Waals surface area contributed by atoms with Crippen LogP contribution < -0.4 is 14.4 Å². The minimum atomic E-state index is -3.69. The second-order valence-electron chi connectivity index (χ2n) is 6.60. The van der Waals surface area contributed by atoms with Gasteiger partial charge in [-0.1, -0.05) is 13.3 Å². The minimum Gasteiger partial charge on any atom is -0.494 e. The predicted molar refractivity (Wildman–Crippen MR) is 106 cm³/mol. The highest BCUT2D eigenvalue weighted by Gasteiger charge is 2.16. The second-order valence-corrected chi connectivity index (χ2v) is 8.28. The average molecular weight is 391 g/mol. The normalized spacial score (nSPS) is 14.8. The maximum absolute atomic E-state index is 12.5. The molecule has 2 heterocycles. The monoisotopic (exact) mass is 390 g/mol. The van der Waals surface area contributed by atoms with E-state index in [0.717, 1.165) is 38.8 Å². The molecule has 0 atom stereocenters. The molecule has 0 saturated carbocycles. The number of nitrogens with one attached hydrogen (secondary N) is 1. The molecule has 0 unspecified atom stereocenters. The number of rotatable bonds is 8. The summed E-state index contributed by atoms with van der Waals surface area (Å²) in [5.41, 5.74) is 0.346. The Labute approximate surface area is 160 Å². The van der Waals surface area contributed by atoms with Crippen LogP contribution in [0.2, 0.25) is 0 Å². The third kappa shape index (κ3) is 5.32. The Balaban J connectivity index is 1.63. The van der Waals surface area contributed by atoms with E-state index in [4.69, 9.17) is 4.74 Å². The van der Waals surface area contributed by atoms with E-state index in [2.05, 4.69) is 26.5 Å². The maximum atomic E-state index is 12.5. The van der Waals surface area contributed by atoms with Gasteiger partial charge in [0, 0.05) is 13.1 Å². The van der Waals surface area contributed by atoms with Gasteiger partial charge in [-0.05, 0) is 49.9 Å². The van der Waals surface area contributed by atoms with Gasteiger partial charge < -0.3 is 9.64 Å². The number of benzene rings is 1. The van der Waals surface area contributed by atoms with E-state index in [1.807, 2.05) is 0 Å². The van der Waals surface area contributed by atoms with Crippen LogP contribution in [0.1, 0.15) is 39.0 Å². The quantitative estimate of drug-likeness (QED) is 0.695. The number of ether oxygens (including phenoxy) is 1. The molecule has 0 bridgehead atoms. The topological polar surface area (TPSA) is 84.4 Å². The van der Waals surface area contributed by atoms with Gasteiger partial charge >= 0.3 is 0 Å². The number of anilines is 2. The first-order valence-electron chi connectivity index (χ1n) is 9.41. The number of unbranched alkanes of at least 4 members (excludes halogenated alkanes) is 1. The van der Waals surface area contributed by atoms with Gasteiger partial charge in [-0.15, -0.1) is 0 Å². The van der Waals surface area contributed by atoms with E-state index in [1.165, 1.54) is 30.9 Å². The molecule has 0 spiro atoms. The molecular weight excluding hydrogens is 364 g/mol.